The Morgan fingerprint density at radius 3 is 2.00 bits per heavy atom. The lowest BCUT2D eigenvalue weighted by atomic mass is 9.91. The minimum Gasteiger partial charge on any atom is -0.472 e. The quantitative estimate of drug-likeness (QED) is 0.477. The van der Waals surface area contributed by atoms with E-state index in [9.17, 15) is 9.59 Å². The second-order valence-corrected chi connectivity index (χ2v) is 9.27. The predicted octanol–water partition coefficient (Wildman–Crippen LogP) is 5.72. The summed E-state index contributed by atoms with van der Waals surface area (Å²) in [5, 5.41) is 0. The first-order valence-electron chi connectivity index (χ1n) is 12.4. The first kappa shape index (κ1) is 23.0. The Morgan fingerprint density at radius 1 is 0.886 bits per heavy atom. The van der Waals surface area contributed by atoms with Gasteiger partial charge in [-0.1, -0.05) is 36.4 Å². The highest BCUT2D eigenvalue weighted by Crippen LogP contribution is 2.33. The van der Waals surface area contributed by atoms with Crippen LogP contribution in [0.2, 0.25) is 0 Å². The number of hydrogen-bond donors (Lipinski definition) is 0. The van der Waals surface area contributed by atoms with Crippen molar-refractivity contribution in [2.45, 2.75) is 44.8 Å². The molecule has 2 aliphatic rings. The monoisotopic (exact) mass is 472 g/mol. The number of carbonyl (C=O) groups excluding carboxylic acids is 2. The van der Waals surface area contributed by atoms with Gasteiger partial charge in [-0.05, 0) is 56.5 Å². The van der Waals surface area contributed by atoms with Gasteiger partial charge in [0.2, 0.25) is 0 Å². The SMILES string of the molecule is CCN(Cc1ccoc1)C(=O)N1[C@@H]2CCC[C@H]1CN(C(=O)N(c1ccccc1)c1ccccc1)C2. The molecule has 1 aromatic heterocycles. The molecule has 0 unspecified atom stereocenters. The van der Waals surface area contributed by atoms with Gasteiger partial charge < -0.3 is 19.1 Å². The Hall–Kier alpha value is -3.74. The molecule has 4 amide bonds. The summed E-state index contributed by atoms with van der Waals surface area (Å²) in [6, 6.07) is 21.5. The zero-order valence-corrected chi connectivity index (χ0v) is 20.1. The first-order chi connectivity index (χ1) is 17.2. The van der Waals surface area contributed by atoms with Crippen molar-refractivity contribution in [3.05, 3.63) is 84.8 Å². The molecule has 7 nitrogen and oxygen atoms in total. The predicted molar refractivity (Wildman–Crippen MR) is 135 cm³/mol. The van der Waals surface area contributed by atoms with E-state index in [2.05, 4.69) is 0 Å². The van der Waals surface area contributed by atoms with Crippen molar-refractivity contribution in [1.29, 1.82) is 0 Å². The topological polar surface area (TPSA) is 60.2 Å². The number of benzene rings is 2. The molecule has 0 saturated carbocycles. The lowest BCUT2D eigenvalue weighted by Gasteiger charge is -2.51. The Labute approximate surface area is 206 Å². The van der Waals surface area contributed by atoms with Gasteiger partial charge in [0, 0.05) is 25.2 Å². The number of likely N-dealkylation sites (tertiary alicyclic amines) is 1. The highest BCUT2D eigenvalue weighted by molar-refractivity contribution is 5.99. The van der Waals surface area contributed by atoms with Gasteiger partial charge in [-0.2, -0.15) is 0 Å². The van der Waals surface area contributed by atoms with Crippen LogP contribution < -0.4 is 4.90 Å². The molecule has 3 heterocycles. The number of piperidine rings is 1. The lowest BCUT2D eigenvalue weighted by molar-refractivity contribution is 0.0214. The largest absolute Gasteiger partial charge is 0.472 e. The molecular formula is C28H32N4O3. The maximum atomic E-state index is 13.9. The first-order valence-corrected chi connectivity index (χ1v) is 12.4. The van der Waals surface area contributed by atoms with Crippen LogP contribution in [0.3, 0.4) is 0 Å². The Balaban J connectivity index is 1.37. The van der Waals surface area contributed by atoms with Crippen LogP contribution in [-0.4, -0.2) is 58.5 Å². The van der Waals surface area contributed by atoms with Crippen LogP contribution in [0.5, 0.6) is 0 Å². The number of anilines is 2. The van der Waals surface area contributed by atoms with Crippen LogP contribution in [0.4, 0.5) is 21.0 Å². The summed E-state index contributed by atoms with van der Waals surface area (Å²) in [5.41, 5.74) is 2.66. The molecule has 35 heavy (non-hydrogen) atoms. The molecule has 5 rings (SSSR count). The molecule has 0 aliphatic carbocycles. The van der Waals surface area contributed by atoms with E-state index in [0.717, 1.165) is 36.2 Å². The number of urea groups is 2. The van der Waals surface area contributed by atoms with Crippen molar-refractivity contribution >= 4 is 23.4 Å². The molecule has 2 aromatic carbocycles. The molecule has 2 fully saturated rings. The summed E-state index contributed by atoms with van der Waals surface area (Å²) in [6.07, 6.45) is 6.22. The minimum atomic E-state index is -0.0443. The van der Waals surface area contributed by atoms with E-state index in [-0.39, 0.29) is 24.1 Å². The van der Waals surface area contributed by atoms with Gasteiger partial charge in [0.15, 0.2) is 0 Å². The Kier molecular flexibility index (Phi) is 6.75. The summed E-state index contributed by atoms with van der Waals surface area (Å²) < 4.78 is 5.20. The van der Waals surface area contributed by atoms with E-state index >= 15 is 0 Å². The normalized spacial score (nSPS) is 19.3. The van der Waals surface area contributed by atoms with E-state index < -0.39 is 0 Å². The van der Waals surface area contributed by atoms with Crippen molar-refractivity contribution in [2.75, 3.05) is 24.5 Å². The number of hydrogen-bond acceptors (Lipinski definition) is 3. The molecule has 2 aliphatic heterocycles. The average molecular weight is 473 g/mol. The number of para-hydroxylation sites is 2. The zero-order chi connectivity index (χ0) is 24.2. The third-order valence-electron chi connectivity index (χ3n) is 7.04. The second-order valence-electron chi connectivity index (χ2n) is 9.27. The van der Waals surface area contributed by atoms with Gasteiger partial charge in [-0.15, -0.1) is 0 Å². The van der Waals surface area contributed by atoms with Gasteiger partial charge in [0.1, 0.15) is 0 Å². The lowest BCUT2D eigenvalue weighted by Crippen LogP contribution is -2.66. The minimum absolute atomic E-state index is 0.0192. The van der Waals surface area contributed by atoms with E-state index in [4.69, 9.17) is 4.42 Å². The molecule has 2 saturated heterocycles. The van der Waals surface area contributed by atoms with Crippen molar-refractivity contribution in [2.24, 2.45) is 0 Å². The molecule has 2 bridgehead atoms. The van der Waals surface area contributed by atoms with Crippen LogP contribution in [0.15, 0.2) is 83.7 Å². The van der Waals surface area contributed by atoms with Gasteiger partial charge in [-0.25, -0.2) is 9.59 Å². The second kappa shape index (κ2) is 10.3. The summed E-state index contributed by atoms with van der Waals surface area (Å²) in [7, 11) is 0. The van der Waals surface area contributed by atoms with E-state index in [1.807, 2.05) is 88.4 Å². The number of amides is 4. The molecular weight excluding hydrogens is 440 g/mol. The molecule has 0 N–H and O–H groups in total. The standard InChI is InChI=1S/C28H32N4O3/c1-2-29(18-22-16-17-35-21-22)27(33)32-25-14-9-15-26(32)20-30(19-25)28(34)31(23-10-5-3-6-11-23)24-12-7-4-8-13-24/h3-8,10-13,16-17,21,25-26H,2,9,14-15,18-20H2,1H3/t25-,26+. The number of piperazine rings is 1. The fourth-order valence-corrected chi connectivity index (χ4v) is 5.32. The molecule has 3 aromatic rings. The molecule has 0 radical (unpaired) electrons. The highest BCUT2D eigenvalue weighted by Gasteiger charge is 2.43. The van der Waals surface area contributed by atoms with Gasteiger partial charge in [0.25, 0.3) is 0 Å². The molecule has 7 heteroatoms. The van der Waals surface area contributed by atoms with Crippen LogP contribution in [0.1, 0.15) is 31.7 Å². The zero-order valence-electron chi connectivity index (χ0n) is 20.1. The molecule has 2 atom stereocenters. The van der Waals surface area contributed by atoms with E-state index in [1.165, 1.54) is 0 Å². The number of nitrogens with zero attached hydrogens (tertiary/aromatic N) is 4. The molecule has 0 spiro atoms. The summed E-state index contributed by atoms with van der Waals surface area (Å²) in [4.78, 5) is 35.2. The fourth-order valence-electron chi connectivity index (χ4n) is 5.32. The smallest absolute Gasteiger partial charge is 0.329 e. The summed E-state index contributed by atoms with van der Waals surface area (Å²) in [5.74, 6) is 0. The average Bonchev–Trinajstić information content (AvgIpc) is 3.41. The third kappa shape index (κ3) is 4.76. The van der Waals surface area contributed by atoms with Gasteiger partial charge >= 0.3 is 12.1 Å². The Bertz CT molecular complexity index is 1070. The number of fused-ring (bicyclic) bond motifs is 2. The summed E-state index contributed by atoms with van der Waals surface area (Å²) >= 11 is 0. The number of rotatable bonds is 5. The highest BCUT2D eigenvalue weighted by atomic mass is 16.3. The van der Waals surface area contributed by atoms with Crippen LogP contribution >= 0.6 is 0 Å². The van der Waals surface area contributed by atoms with E-state index in [0.29, 0.717) is 26.2 Å². The van der Waals surface area contributed by atoms with E-state index in [1.54, 1.807) is 17.4 Å². The van der Waals surface area contributed by atoms with Crippen molar-refractivity contribution in [1.82, 2.24) is 14.7 Å². The number of carbonyl (C=O) groups is 2. The van der Waals surface area contributed by atoms with Crippen molar-refractivity contribution in [3.63, 3.8) is 0 Å². The van der Waals surface area contributed by atoms with Gasteiger partial charge in [0.05, 0.1) is 42.5 Å². The van der Waals surface area contributed by atoms with Crippen LogP contribution in [0, 0.1) is 0 Å². The maximum Gasteiger partial charge on any atom is 0.329 e. The van der Waals surface area contributed by atoms with Crippen molar-refractivity contribution < 1.29 is 14.0 Å². The van der Waals surface area contributed by atoms with Crippen LogP contribution in [0.25, 0.3) is 0 Å². The number of furan rings is 1. The maximum absolute atomic E-state index is 13.9. The van der Waals surface area contributed by atoms with Crippen molar-refractivity contribution in [3.8, 4) is 0 Å². The third-order valence-corrected chi connectivity index (χ3v) is 7.04. The van der Waals surface area contributed by atoms with Crippen LogP contribution in [-0.2, 0) is 6.54 Å². The Morgan fingerprint density at radius 2 is 1.49 bits per heavy atom. The fraction of sp³-hybridized carbons (Fsp3) is 0.357. The van der Waals surface area contributed by atoms with Gasteiger partial charge in [-0.3, -0.25) is 4.90 Å². The molecule has 182 valence electrons. The summed E-state index contributed by atoms with van der Waals surface area (Å²) in [6.45, 7) is 4.24.